The van der Waals surface area contributed by atoms with E-state index in [1.54, 1.807) is 18.3 Å². The van der Waals surface area contributed by atoms with Crippen LogP contribution in [0.25, 0.3) is 22.0 Å². The molecule has 94 valence electrons. The molecule has 0 aliphatic carbocycles. The normalized spacial score (nSPS) is 10.6. The van der Waals surface area contributed by atoms with Gasteiger partial charge in [0.1, 0.15) is 5.82 Å². The highest BCUT2D eigenvalue weighted by atomic mass is 16.1. The van der Waals surface area contributed by atoms with E-state index in [-0.39, 0.29) is 5.56 Å². The lowest BCUT2D eigenvalue weighted by molar-refractivity contribution is 1.23. The Hall–Kier alpha value is -2.66. The van der Waals surface area contributed by atoms with Crippen LogP contribution in [-0.4, -0.2) is 9.97 Å². The molecule has 2 aromatic heterocycles. The van der Waals surface area contributed by atoms with Gasteiger partial charge in [-0.3, -0.25) is 4.79 Å². The van der Waals surface area contributed by atoms with Crippen molar-refractivity contribution in [3.8, 4) is 11.1 Å². The largest absolute Gasteiger partial charge is 0.321 e. The van der Waals surface area contributed by atoms with E-state index in [1.807, 2.05) is 30.3 Å². The van der Waals surface area contributed by atoms with Crippen molar-refractivity contribution in [2.75, 3.05) is 5.43 Å². The van der Waals surface area contributed by atoms with Crippen LogP contribution in [0.3, 0.4) is 0 Å². The van der Waals surface area contributed by atoms with Gasteiger partial charge in [-0.1, -0.05) is 30.3 Å². The van der Waals surface area contributed by atoms with Crippen molar-refractivity contribution >= 4 is 16.7 Å². The van der Waals surface area contributed by atoms with Crippen molar-refractivity contribution < 1.29 is 0 Å². The van der Waals surface area contributed by atoms with Crippen molar-refractivity contribution in [1.29, 1.82) is 0 Å². The Bertz CT molecular complexity index is 780. The highest BCUT2D eigenvalue weighted by Crippen LogP contribution is 2.22. The third kappa shape index (κ3) is 1.96. The third-order valence-corrected chi connectivity index (χ3v) is 2.99. The van der Waals surface area contributed by atoms with Crippen LogP contribution in [0.15, 0.2) is 53.5 Å². The van der Waals surface area contributed by atoms with Gasteiger partial charge in [0.15, 0.2) is 0 Å². The molecule has 0 aliphatic heterocycles. The van der Waals surface area contributed by atoms with E-state index < -0.39 is 0 Å². The fraction of sp³-hybridized carbons (Fsp3) is 0. The van der Waals surface area contributed by atoms with Gasteiger partial charge < -0.3 is 10.4 Å². The second-order valence-electron chi connectivity index (χ2n) is 4.14. The number of hydrogen-bond donors (Lipinski definition) is 3. The summed E-state index contributed by atoms with van der Waals surface area (Å²) >= 11 is 0. The minimum Gasteiger partial charge on any atom is -0.321 e. The number of H-pyrrole nitrogens is 1. The molecule has 0 aliphatic rings. The molecule has 3 rings (SSSR count). The molecule has 1 aromatic carbocycles. The van der Waals surface area contributed by atoms with Gasteiger partial charge in [-0.2, -0.15) is 0 Å². The number of hydrogen-bond acceptors (Lipinski definition) is 4. The molecular weight excluding hydrogens is 240 g/mol. The molecule has 0 spiro atoms. The second-order valence-corrected chi connectivity index (χ2v) is 4.14. The SMILES string of the molecule is NNc1nccc2[nH]c(=O)c(-c3ccccc3)cc12. The Labute approximate surface area is 109 Å². The predicted octanol–water partition coefficient (Wildman–Crippen LogP) is 1.88. The van der Waals surface area contributed by atoms with Crippen molar-refractivity contribution in [2.45, 2.75) is 0 Å². The highest BCUT2D eigenvalue weighted by Gasteiger charge is 2.08. The molecular formula is C14H12N4O. The van der Waals surface area contributed by atoms with Crippen LogP contribution in [0, 0.1) is 0 Å². The van der Waals surface area contributed by atoms with Crippen LogP contribution in [0.1, 0.15) is 0 Å². The van der Waals surface area contributed by atoms with Gasteiger partial charge in [0.2, 0.25) is 0 Å². The zero-order valence-corrected chi connectivity index (χ0v) is 10.1. The molecule has 0 amide bonds. The number of hydrazine groups is 1. The molecule has 2 heterocycles. The fourth-order valence-electron chi connectivity index (χ4n) is 2.08. The molecule has 5 heteroatoms. The maximum atomic E-state index is 12.1. The topological polar surface area (TPSA) is 83.8 Å². The smallest absolute Gasteiger partial charge is 0.256 e. The van der Waals surface area contributed by atoms with Gasteiger partial charge >= 0.3 is 0 Å². The van der Waals surface area contributed by atoms with E-state index in [0.29, 0.717) is 16.9 Å². The first-order valence-electron chi connectivity index (χ1n) is 5.83. The quantitative estimate of drug-likeness (QED) is 0.480. The maximum absolute atomic E-state index is 12.1. The molecule has 0 saturated carbocycles. The van der Waals surface area contributed by atoms with E-state index in [4.69, 9.17) is 5.84 Å². The zero-order valence-electron chi connectivity index (χ0n) is 10.1. The first-order valence-corrected chi connectivity index (χ1v) is 5.83. The van der Waals surface area contributed by atoms with Crippen LogP contribution >= 0.6 is 0 Å². The van der Waals surface area contributed by atoms with E-state index in [9.17, 15) is 4.79 Å². The lowest BCUT2D eigenvalue weighted by Crippen LogP contribution is -2.12. The van der Waals surface area contributed by atoms with Crippen molar-refractivity contribution in [3.63, 3.8) is 0 Å². The summed E-state index contributed by atoms with van der Waals surface area (Å²) in [7, 11) is 0. The van der Waals surface area contributed by atoms with Crippen molar-refractivity contribution in [2.24, 2.45) is 5.84 Å². The number of benzene rings is 1. The van der Waals surface area contributed by atoms with Crippen LogP contribution in [-0.2, 0) is 0 Å². The standard InChI is InChI=1S/C14H12N4O/c15-18-13-11-8-10(9-4-2-1-3-5-9)14(19)17-12(11)6-7-16-13/h1-8H,15H2,(H,16,18)(H,17,19). The lowest BCUT2D eigenvalue weighted by Gasteiger charge is -2.07. The first-order chi connectivity index (χ1) is 9.29. The van der Waals surface area contributed by atoms with E-state index >= 15 is 0 Å². The van der Waals surface area contributed by atoms with E-state index in [0.717, 1.165) is 10.9 Å². The number of fused-ring (bicyclic) bond motifs is 1. The van der Waals surface area contributed by atoms with Gasteiger partial charge in [0.05, 0.1) is 5.52 Å². The van der Waals surface area contributed by atoms with Gasteiger partial charge in [-0.15, -0.1) is 0 Å². The number of nitrogens with one attached hydrogen (secondary N) is 2. The Kier molecular flexibility index (Phi) is 2.74. The number of anilines is 1. The maximum Gasteiger partial charge on any atom is 0.256 e. The average molecular weight is 252 g/mol. The van der Waals surface area contributed by atoms with Gasteiger partial charge in [0.25, 0.3) is 5.56 Å². The highest BCUT2D eigenvalue weighted by molar-refractivity contribution is 5.91. The van der Waals surface area contributed by atoms with Gasteiger partial charge in [-0.25, -0.2) is 10.8 Å². The van der Waals surface area contributed by atoms with Crippen molar-refractivity contribution in [1.82, 2.24) is 9.97 Å². The van der Waals surface area contributed by atoms with Crippen LogP contribution < -0.4 is 16.8 Å². The number of rotatable bonds is 2. The van der Waals surface area contributed by atoms with Gasteiger partial charge in [0, 0.05) is 17.1 Å². The monoisotopic (exact) mass is 252 g/mol. The summed E-state index contributed by atoms with van der Waals surface area (Å²) in [6.07, 6.45) is 1.59. The average Bonchev–Trinajstić information content (AvgIpc) is 2.46. The summed E-state index contributed by atoms with van der Waals surface area (Å²) in [5, 5.41) is 0.781. The minimum absolute atomic E-state index is 0.132. The summed E-state index contributed by atoms with van der Waals surface area (Å²) in [5.41, 5.74) is 4.56. The number of nitrogen functional groups attached to an aromatic ring is 1. The number of aromatic amines is 1. The van der Waals surface area contributed by atoms with E-state index in [1.165, 1.54) is 0 Å². The van der Waals surface area contributed by atoms with E-state index in [2.05, 4.69) is 15.4 Å². The summed E-state index contributed by atoms with van der Waals surface area (Å²) in [4.78, 5) is 19.1. The Morgan fingerprint density at radius 2 is 1.95 bits per heavy atom. The number of pyridine rings is 2. The molecule has 19 heavy (non-hydrogen) atoms. The summed E-state index contributed by atoms with van der Waals surface area (Å²) in [6.45, 7) is 0. The molecule has 4 N–H and O–H groups in total. The van der Waals surface area contributed by atoms with Crippen molar-refractivity contribution in [3.05, 3.63) is 59.0 Å². The molecule has 0 bridgehead atoms. The van der Waals surface area contributed by atoms with Gasteiger partial charge in [-0.05, 0) is 17.7 Å². The molecule has 0 saturated heterocycles. The molecule has 5 nitrogen and oxygen atoms in total. The molecule has 0 unspecified atom stereocenters. The number of nitrogens with two attached hydrogens (primary N) is 1. The Morgan fingerprint density at radius 3 is 2.68 bits per heavy atom. The summed E-state index contributed by atoms with van der Waals surface area (Å²) < 4.78 is 0. The second kappa shape index (κ2) is 4.55. The molecule has 0 fully saturated rings. The van der Waals surface area contributed by atoms with Crippen LogP contribution in [0.5, 0.6) is 0 Å². The molecule has 0 radical (unpaired) electrons. The number of nitrogens with zero attached hydrogens (tertiary/aromatic N) is 1. The minimum atomic E-state index is -0.132. The predicted molar refractivity (Wildman–Crippen MR) is 75.6 cm³/mol. The summed E-state index contributed by atoms with van der Waals surface area (Å²) in [6, 6.07) is 13.0. The Balaban J connectivity index is 2.32. The zero-order chi connectivity index (χ0) is 13.2. The molecule has 3 aromatic rings. The van der Waals surface area contributed by atoms with Crippen LogP contribution in [0.4, 0.5) is 5.82 Å². The fourth-order valence-corrected chi connectivity index (χ4v) is 2.08. The van der Waals surface area contributed by atoms with Crippen LogP contribution in [0.2, 0.25) is 0 Å². The lowest BCUT2D eigenvalue weighted by atomic mass is 10.1. The number of aromatic nitrogens is 2. The summed E-state index contributed by atoms with van der Waals surface area (Å²) in [5.74, 6) is 5.97. The Morgan fingerprint density at radius 1 is 1.16 bits per heavy atom. The third-order valence-electron chi connectivity index (χ3n) is 2.99. The molecule has 0 atom stereocenters. The first kappa shape index (κ1) is 11.4.